The second-order valence-corrected chi connectivity index (χ2v) is 4.30. The van der Waals surface area contributed by atoms with E-state index in [1.807, 2.05) is 13.8 Å². The fourth-order valence-corrected chi connectivity index (χ4v) is 1.95. The van der Waals surface area contributed by atoms with Crippen molar-refractivity contribution in [3.8, 4) is 11.5 Å². The summed E-state index contributed by atoms with van der Waals surface area (Å²) >= 11 is 0. The number of anilines is 1. The van der Waals surface area contributed by atoms with Gasteiger partial charge in [0.2, 0.25) is 5.91 Å². The fourth-order valence-electron chi connectivity index (χ4n) is 1.95. The molecular weight excluding hydrogens is 244 g/mol. The van der Waals surface area contributed by atoms with Crippen molar-refractivity contribution in [1.82, 2.24) is 0 Å². The van der Waals surface area contributed by atoms with Gasteiger partial charge in [-0.1, -0.05) is 6.92 Å². The molecule has 1 amide bonds. The van der Waals surface area contributed by atoms with E-state index >= 15 is 0 Å². The van der Waals surface area contributed by atoms with Crippen LogP contribution in [0.15, 0.2) is 12.1 Å². The summed E-state index contributed by atoms with van der Waals surface area (Å²) < 4.78 is 10.6. The van der Waals surface area contributed by atoms with Crippen LogP contribution in [0.4, 0.5) is 5.69 Å². The second kappa shape index (κ2) is 6.99. The Labute approximate surface area is 114 Å². The van der Waals surface area contributed by atoms with Gasteiger partial charge in [-0.15, -0.1) is 0 Å². The molecule has 0 saturated heterocycles. The summed E-state index contributed by atoms with van der Waals surface area (Å²) in [7, 11) is 3.17. The summed E-state index contributed by atoms with van der Waals surface area (Å²) in [5, 5.41) is 2.86. The Morgan fingerprint density at radius 3 is 2.53 bits per heavy atom. The van der Waals surface area contributed by atoms with Crippen molar-refractivity contribution in [2.45, 2.75) is 20.3 Å². The van der Waals surface area contributed by atoms with Gasteiger partial charge in [0.25, 0.3) is 0 Å². The Kier molecular flexibility index (Phi) is 5.63. The molecule has 1 rings (SSSR count). The van der Waals surface area contributed by atoms with Crippen LogP contribution in [0.1, 0.15) is 18.9 Å². The third-order valence-electron chi connectivity index (χ3n) is 3.19. The molecular formula is C14H22N2O3. The van der Waals surface area contributed by atoms with Crippen LogP contribution in [0.3, 0.4) is 0 Å². The number of carbonyl (C=O) groups excluding carboxylic acids is 1. The van der Waals surface area contributed by atoms with E-state index in [0.717, 1.165) is 11.3 Å². The number of hydrogen-bond donors (Lipinski definition) is 2. The smallest absolute Gasteiger partial charge is 0.228 e. The predicted octanol–water partition coefficient (Wildman–Crippen LogP) is 1.94. The highest BCUT2D eigenvalue weighted by Gasteiger charge is 2.18. The second-order valence-electron chi connectivity index (χ2n) is 4.30. The Morgan fingerprint density at radius 2 is 2.05 bits per heavy atom. The highest BCUT2D eigenvalue weighted by molar-refractivity contribution is 5.94. The lowest BCUT2D eigenvalue weighted by atomic mass is 10.1. The molecule has 0 heterocycles. The van der Waals surface area contributed by atoms with Gasteiger partial charge in [-0.3, -0.25) is 4.79 Å². The van der Waals surface area contributed by atoms with Crippen LogP contribution in [-0.2, 0) is 4.79 Å². The minimum absolute atomic E-state index is 0.0899. The van der Waals surface area contributed by atoms with Gasteiger partial charge in [-0.2, -0.15) is 0 Å². The van der Waals surface area contributed by atoms with Crippen LogP contribution in [0.25, 0.3) is 0 Å². The molecule has 5 heteroatoms. The molecule has 0 bridgehead atoms. The van der Waals surface area contributed by atoms with Gasteiger partial charge < -0.3 is 20.5 Å². The summed E-state index contributed by atoms with van der Waals surface area (Å²) in [4.78, 5) is 12.0. The molecule has 1 aromatic rings. The summed E-state index contributed by atoms with van der Waals surface area (Å²) in [5.41, 5.74) is 7.06. The summed E-state index contributed by atoms with van der Waals surface area (Å²) in [6.07, 6.45) is 0.708. The lowest BCUT2D eigenvalue weighted by Gasteiger charge is -2.17. The van der Waals surface area contributed by atoms with Gasteiger partial charge in [0, 0.05) is 12.1 Å². The number of ether oxygens (including phenoxy) is 2. The first-order valence-corrected chi connectivity index (χ1v) is 6.31. The van der Waals surface area contributed by atoms with Crippen molar-refractivity contribution in [3.05, 3.63) is 17.7 Å². The monoisotopic (exact) mass is 266 g/mol. The zero-order valence-corrected chi connectivity index (χ0v) is 11.9. The molecule has 19 heavy (non-hydrogen) atoms. The molecule has 1 atom stereocenters. The van der Waals surface area contributed by atoms with E-state index in [2.05, 4.69) is 5.32 Å². The first kappa shape index (κ1) is 15.3. The van der Waals surface area contributed by atoms with Crippen molar-refractivity contribution in [2.24, 2.45) is 11.7 Å². The number of hydrogen-bond acceptors (Lipinski definition) is 4. The topological polar surface area (TPSA) is 73.6 Å². The molecule has 0 aliphatic carbocycles. The molecule has 0 radical (unpaired) electrons. The van der Waals surface area contributed by atoms with Crippen LogP contribution in [0, 0.1) is 12.8 Å². The molecule has 0 aliphatic heterocycles. The van der Waals surface area contributed by atoms with E-state index < -0.39 is 0 Å². The van der Waals surface area contributed by atoms with Crippen LogP contribution in [0.2, 0.25) is 0 Å². The molecule has 0 spiro atoms. The SMILES string of the molecule is CCC(CN)C(=O)Nc1ccc(OC)c(C)c1OC. The number of amides is 1. The van der Waals surface area contributed by atoms with E-state index in [4.69, 9.17) is 15.2 Å². The first-order valence-electron chi connectivity index (χ1n) is 6.31. The minimum Gasteiger partial charge on any atom is -0.496 e. The average molecular weight is 266 g/mol. The van der Waals surface area contributed by atoms with E-state index in [-0.39, 0.29) is 11.8 Å². The number of carbonyl (C=O) groups is 1. The van der Waals surface area contributed by atoms with E-state index in [9.17, 15) is 4.79 Å². The maximum atomic E-state index is 12.0. The van der Waals surface area contributed by atoms with Crippen LogP contribution in [-0.4, -0.2) is 26.7 Å². The number of nitrogens with one attached hydrogen (secondary N) is 1. The third kappa shape index (κ3) is 3.38. The normalized spacial score (nSPS) is 11.8. The summed E-state index contributed by atoms with van der Waals surface area (Å²) in [6, 6.07) is 3.57. The quantitative estimate of drug-likeness (QED) is 0.825. The fraction of sp³-hybridized carbons (Fsp3) is 0.500. The Balaban J connectivity index is 3.01. The summed E-state index contributed by atoms with van der Waals surface area (Å²) in [6.45, 7) is 4.15. The maximum Gasteiger partial charge on any atom is 0.228 e. The maximum absolute atomic E-state index is 12.0. The average Bonchev–Trinajstić information content (AvgIpc) is 2.40. The van der Waals surface area contributed by atoms with Gasteiger partial charge in [-0.05, 0) is 25.5 Å². The van der Waals surface area contributed by atoms with Gasteiger partial charge in [0.05, 0.1) is 25.8 Å². The largest absolute Gasteiger partial charge is 0.496 e. The lowest BCUT2D eigenvalue weighted by molar-refractivity contribution is -0.119. The van der Waals surface area contributed by atoms with Gasteiger partial charge >= 0.3 is 0 Å². The number of rotatable bonds is 6. The molecule has 5 nitrogen and oxygen atoms in total. The molecule has 106 valence electrons. The molecule has 0 fully saturated rings. The zero-order valence-electron chi connectivity index (χ0n) is 11.9. The highest BCUT2D eigenvalue weighted by Crippen LogP contribution is 2.35. The number of benzene rings is 1. The molecule has 0 aliphatic rings. The van der Waals surface area contributed by atoms with Crippen LogP contribution >= 0.6 is 0 Å². The Morgan fingerprint density at radius 1 is 1.37 bits per heavy atom. The van der Waals surface area contributed by atoms with E-state index in [1.54, 1.807) is 26.4 Å². The summed E-state index contributed by atoms with van der Waals surface area (Å²) in [5.74, 6) is 1.06. The molecule has 3 N–H and O–H groups in total. The van der Waals surface area contributed by atoms with Gasteiger partial charge in [0.1, 0.15) is 11.5 Å². The van der Waals surface area contributed by atoms with E-state index in [1.165, 1.54) is 0 Å². The van der Waals surface area contributed by atoms with Crippen molar-refractivity contribution in [3.63, 3.8) is 0 Å². The minimum atomic E-state index is -0.188. The number of nitrogens with two attached hydrogens (primary N) is 1. The van der Waals surface area contributed by atoms with Crippen molar-refractivity contribution < 1.29 is 14.3 Å². The Hall–Kier alpha value is -1.75. The first-order chi connectivity index (χ1) is 9.08. The molecule has 0 saturated carbocycles. The van der Waals surface area contributed by atoms with Crippen molar-refractivity contribution >= 4 is 11.6 Å². The molecule has 1 unspecified atom stereocenters. The van der Waals surface area contributed by atoms with Crippen molar-refractivity contribution in [2.75, 3.05) is 26.1 Å². The van der Waals surface area contributed by atoms with E-state index in [0.29, 0.717) is 24.4 Å². The van der Waals surface area contributed by atoms with Gasteiger partial charge in [-0.25, -0.2) is 0 Å². The lowest BCUT2D eigenvalue weighted by Crippen LogP contribution is -2.28. The molecule has 1 aromatic carbocycles. The third-order valence-corrected chi connectivity index (χ3v) is 3.19. The molecule has 0 aromatic heterocycles. The Bertz CT molecular complexity index is 443. The van der Waals surface area contributed by atoms with Crippen LogP contribution in [0.5, 0.6) is 11.5 Å². The zero-order chi connectivity index (χ0) is 14.4. The van der Waals surface area contributed by atoms with Crippen LogP contribution < -0.4 is 20.5 Å². The van der Waals surface area contributed by atoms with Gasteiger partial charge in [0.15, 0.2) is 0 Å². The van der Waals surface area contributed by atoms with Crippen molar-refractivity contribution in [1.29, 1.82) is 0 Å². The highest BCUT2D eigenvalue weighted by atomic mass is 16.5. The number of methoxy groups -OCH3 is 2. The predicted molar refractivity (Wildman–Crippen MR) is 75.7 cm³/mol. The standard InChI is InChI=1S/C14H22N2O3/c1-5-10(8-15)14(17)16-11-6-7-12(18-3)9(2)13(11)19-4/h6-7,10H,5,8,15H2,1-4H3,(H,16,17).